The fourth-order valence-corrected chi connectivity index (χ4v) is 1.47. The van der Waals surface area contributed by atoms with Crippen molar-refractivity contribution in [2.45, 2.75) is 6.92 Å². The molecule has 1 aliphatic heterocycles. The highest BCUT2D eigenvalue weighted by molar-refractivity contribution is 8.02. The van der Waals surface area contributed by atoms with Gasteiger partial charge < -0.3 is 4.90 Å². The van der Waals surface area contributed by atoms with Crippen LogP contribution < -0.4 is 0 Å². The molecular weight excluding hydrogens is 158 g/mol. The number of amides is 1. The number of carbonyl (C=O) groups is 1. The summed E-state index contributed by atoms with van der Waals surface area (Å²) in [7, 11) is 0. The predicted molar refractivity (Wildman–Crippen MR) is 48.1 cm³/mol. The maximum Gasteiger partial charge on any atom is 0.237 e. The maximum atomic E-state index is 11.1. The average Bonchev–Trinajstić information content (AvgIpc) is 1.93. The van der Waals surface area contributed by atoms with Gasteiger partial charge in [0.2, 0.25) is 5.91 Å². The van der Waals surface area contributed by atoms with Crippen LogP contribution >= 0.6 is 11.8 Å². The molecular formula is C8H11NOS. The second-order valence-corrected chi connectivity index (χ2v) is 3.47. The standard InChI is InChI=1S/C8H11NOS/c1-7(2)5-9-3-4-11-6-8(9)10/h3-4H,1,5-6H2,2H3. The fourth-order valence-electron chi connectivity index (χ4n) is 0.834. The minimum Gasteiger partial charge on any atom is -0.314 e. The largest absolute Gasteiger partial charge is 0.314 e. The van der Waals surface area contributed by atoms with Crippen LogP contribution in [0.3, 0.4) is 0 Å². The highest BCUT2D eigenvalue weighted by Gasteiger charge is 2.13. The summed E-state index contributed by atoms with van der Waals surface area (Å²) in [6.45, 7) is 6.32. The Kier molecular flexibility index (Phi) is 2.76. The molecule has 0 aromatic rings. The molecule has 0 N–H and O–H groups in total. The van der Waals surface area contributed by atoms with Crippen LogP contribution in [0.1, 0.15) is 6.92 Å². The first-order valence-electron chi connectivity index (χ1n) is 3.42. The molecule has 1 amide bonds. The Morgan fingerprint density at radius 2 is 2.64 bits per heavy atom. The maximum absolute atomic E-state index is 11.1. The summed E-state index contributed by atoms with van der Waals surface area (Å²) in [5.74, 6) is 0.726. The van der Waals surface area contributed by atoms with Gasteiger partial charge in [-0.25, -0.2) is 0 Å². The van der Waals surface area contributed by atoms with Gasteiger partial charge in [0.15, 0.2) is 0 Å². The molecule has 60 valence electrons. The van der Waals surface area contributed by atoms with Crippen LogP contribution in [-0.4, -0.2) is 23.1 Å². The van der Waals surface area contributed by atoms with Gasteiger partial charge in [-0.2, -0.15) is 0 Å². The number of rotatable bonds is 2. The summed E-state index contributed by atoms with van der Waals surface area (Å²) in [6.07, 6.45) is 1.81. The zero-order chi connectivity index (χ0) is 8.27. The molecule has 0 saturated heterocycles. The molecule has 0 unspecified atom stereocenters. The van der Waals surface area contributed by atoms with E-state index in [1.807, 2.05) is 18.5 Å². The third-order valence-electron chi connectivity index (χ3n) is 1.30. The van der Waals surface area contributed by atoms with Gasteiger partial charge >= 0.3 is 0 Å². The number of hydrogen-bond acceptors (Lipinski definition) is 2. The SMILES string of the molecule is C=C(C)CN1C=CSCC1=O. The van der Waals surface area contributed by atoms with Crippen LogP contribution in [0.25, 0.3) is 0 Å². The lowest BCUT2D eigenvalue weighted by Crippen LogP contribution is -2.30. The summed E-state index contributed by atoms with van der Waals surface area (Å²) in [4.78, 5) is 12.8. The predicted octanol–water partition coefficient (Wildman–Crippen LogP) is 1.61. The molecule has 0 atom stereocenters. The van der Waals surface area contributed by atoms with Crippen LogP contribution in [0.2, 0.25) is 0 Å². The molecule has 0 aliphatic carbocycles. The van der Waals surface area contributed by atoms with Crippen molar-refractivity contribution in [3.8, 4) is 0 Å². The van der Waals surface area contributed by atoms with Crippen molar-refractivity contribution >= 4 is 17.7 Å². The van der Waals surface area contributed by atoms with Crippen molar-refractivity contribution in [3.63, 3.8) is 0 Å². The molecule has 1 aliphatic rings. The zero-order valence-electron chi connectivity index (χ0n) is 6.54. The van der Waals surface area contributed by atoms with E-state index in [0.29, 0.717) is 12.3 Å². The summed E-state index contributed by atoms with van der Waals surface area (Å²) >= 11 is 1.53. The first-order valence-corrected chi connectivity index (χ1v) is 4.47. The Bertz CT molecular complexity index is 210. The molecule has 0 bridgehead atoms. The Morgan fingerprint density at radius 3 is 3.18 bits per heavy atom. The van der Waals surface area contributed by atoms with Crippen molar-refractivity contribution < 1.29 is 4.79 Å². The van der Waals surface area contributed by atoms with Gasteiger partial charge in [-0.15, -0.1) is 11.8 Å². The van der Waals surface area contributed by atoms with E-state index in [2.05, 4.69) is 6.58 Å². The van der Waals surface area contributed by atoms with E-state index >= 15 is 0 Å². The topological polar surface area (TPSA) is 20.3 Å². The van der Waals surface area contributed by atoms with Gasteiger partial charge in [-0.05, 0) is 12.3 Å². The Balaban J connectivity index is 2.55. The van der Waals surface area contributed by atoms with Gasteiger partial charge in [0.25, 0.3) is 0 Å². The van der Waals surface area contributed by atoms with E-state index < -0.39 is 0 Å². The van der Waals surface area contributed by atoms with Gasteiger partial charge in [0, 0.05) is 12.7 Å². The summed E-state index contributed by atoms with van der Waals surface area (Å²) in [5, 5.41) is 1.93. The molecule has 1 heterocycles. The molecule has 0 saturated carbocycles. The number of nitrogens with zero attached hydrogens (tertiary/aromatic N) is 1. The highest BCUT2D eigenvalue weighted by atomic mass is 32.2. The monoisotopic (exact) mass is 169 g/mol. The lowest BCUT2D eigenvalue weighted by atomic mass is 10.3. The zero-order valence-corrected chi connectivity index (χ0v) is 7.36. The lowest BCUT2D eigenvalue weighted by molar-refractivity contribution is -0.125. The van der Waals surface area contributed by atoms with Crippen molar-refractivity contribution in [2.75, 3.05) is 12.3 Å². The normalized spacial score (nSPS) is 17.2. The van der Waals surface area contributed by atoms with Gasteiger partial charge in [0.05, 0.1) is 5.75 Å². The van der Waals surface area contributed by atoms with Gasteiger partial charge in [-0.1, -0.05) is 12.2 Å². The molecule has 0 radical (unpaired) electrons. The van der Waals surface area contributed by atoms with Crippen LogP contribution in [0.4, 0.5) is 0 Å². The second-order valence-electron chi connectivity index (χ2n) is 2.57. The fraction of sp³-hybridized carbons (Fsp3) is 0.375. The summed E-state index contributed by atoms with van der Waals surface area (Å²) in [6, 6.07) is 0. The molecule has 2 nitrogen and oxygen atoms in total. The Morgan fingerprint density at radius 1 is 1.91 bits per heavy atom. The van der Waals surface area contributed by atoms with Gasteiger partial charge in [0.1, 0.15) is 0 Å². The van der Waals surface area contributed by atoms with E-state index in [-0.39, 0.29) is 5.91 Å². The smallest absolute Gasteiger partial charge is 0.237 e. The number of hydrogen-bond donors (Lipinski definition) is 0. The Labute approximate surface area is 71.0 Å². The molecule has 0 aromatic heterocycles. The number of carbonyl (C=O) groups excluding carboxylic acids is 1. The van der Waals surface area contributed by atoms with Crippen LogP contribution in [0.15, 0.2) is 23.8 Å². The van der Waals surface area contributed by atoms with Crippen LogP contribution in [0.5, 0.6) is 0 Å². The van der Waals surface area contributed by atoms with Crippen molar-refractivity contribution in [3.05, 3.63) is 23.8 Å². The highest BCUT2D eigenvalue weighted by Crippen LogP contribution is 2.12. The third kappa shape index (κ3) is 2.42. The summed E-state index contributed by atoms with van der Waals surface area (Å²) in [5.41, 5.74) is 1.01. The first-order chi connectivity index (χ1) is 5.20. The van der Waals surface area contributed by atoms with E-state index in [4.69, 9.17) is 0 Å². The molecule has 11 heavy (non-hydrogen) atoms. The molecule has 0 fully saturated rings. The van der Waals surface area contributed by atoms with Crippen molar-refractivity contribution in [1.29, 1.82) is 0 Å². The number of thioether (sulfide) groups is 1. The van der Waals surface area contributed by atoms with Crippen molar-refractivity contribution in [1.82, 2.24) is 4.90 Å². The van der Waals surface area contributed by atoms with Crippen molar-refractivity contribution in [2.24, 2.45) is 0 Å². The third-order valence-corrected chi connectivity index (χ3v) is 2.03. The quantitative estimate of drug-likeness (QED) is 0.585. The minimum absolute atomic E-state index is 0.167. The Hall–Kier alpha value is -0.700. The average molecular weight is 169 g/mol. The van der Waals surface area contributed by atoms with E-state index in [9.17, 15) is 4.79 Å². The van der Waals surface area contributed by atoms with Gasteiger partial charge in [-0.3, -0.25) is 4.79 Å². The van der Waals surface area contributed by atoms with Crippen LogP contribution in [0, 0.1) is 0 Å². The minimum atomic E-state index is 0.167. The van der Waals surface area contributed by atoms with E-state index in [0.717, 1.165) is 5.57 Å². The molecule has 1 rings (SSSR count). The van der Waals surface area contributed by atoms with E-state index in [1.54, 1.807) is 4.90 Å². The molecule has 0 aromatic carbocycles. The van der Waals surface area contributed by atoms with Crippen LogP contribution in [-0.2, 0) is 4.79 Å². The van der Waals surface area contributed by atoms with E-state index in [1.165, 1.54) is 11.8 Å². The first kappa shape index (κ1) is 8.40. The molecule has 0 spiro atoms. The summed E-state index contributed by atoms with van der Waals surface area (Å²) < 4.78 is 0. The molecule has 3 heteroatoms. The lowest BCUT2D eigenvalue weighted by Gasteiger charge is -2.20. The second kappa shape index (κ2) is 3.62.